The van der Waals surface area contributed by atoms with E-state index in [-0.39, 0.29) is 18.2 Å². The van der Waals surface area contributed by atoms with Crippen LogP contribution in [-0.2, 0) is 15.8 Å². The van der Waals surface area contributed by atoms with Crippen molar-refractivity contribution in [2.45, 2.75) is 19.5 Å². The van der Waals surface area contributed by atoms with Crippen LogP contribution in [0.3, 0.4) is 0 Å². The topological polar surface area (TPSA) is 52.7 Å². The summed E-state index contributed by atoms with van der Waals surface area (Å²) in [5, 5.41) is 2.59. The Hall–Kier alpha value is -2.09. The zero-order chi connectivity index (χ0) is 17.7. The predicted molar refractivity (Wildman–Crippen MR) is 83.4 cm³/mol. The van der Waals surface area contributed by atoms with E-state index >= 15 is 0 Å². The van der Waals surface area contributed by atoms with Gasteiger partial charge in [0.15, 0.2) is 0 Å². The van der Waals surface area contributed by atoms with Gasteiger partial charge in [-0.25, -0.2) is 0 Å². The van der Waals surface area contributed by atoms with Crippen LogP contribution in [0.15, 0.2) is 24.3 Å². The van der Waals surface area contributed by atoms with Crippen molar-refractivity contribution >= 4 is 17.5 Å². The first kappa shape index (κ1) is 18.3. The Morgan fingerprint density at radius 3 is 2.17 bits per heavy atom. The second-order valence-corrected chi connectivity index (χ2v) is 5.72. The van der Waals surface area contributed by atoms with Gasteiger partial charge in [0, 0.05) is 51.8 Å². The SMILES string of the molecule is CC(=O)N1CCN(CCC(=O)Nc2ccc(C(F)(F)F)cc2)CC1. The number of nitrogens with one attached hydrogen (secondary N) is 1. The number of hydrogen-bond acceptors (Lipinski definition) is 3. The predicted octanol–water partition coefficient (Wildman–Crippen LogP) is 2.20. The van der Waals surface area contributed by atoms with Crippen LogP contribution in [0, 0.1) is 0 Å². The molecule has 24 heavy (non-hydrogen) atoms. The lowest BCUT2D eigenvalue weighted by molar-refractivity contribution is -0.137. The summed E-state index contributed by atoms with van der Waals surface area (Å²) in [6, 6.07) is 4.37. The van der Waals surface area contributed by atoms with Gasteiger partial charge < -0.3 is 10.2 Å². The number of benzene rings is 1. The van der Waals surface area contributed by atoms with E-state index in [0.29, 0.717) is 38.4 Å². The van der Waals surface area contributed by atoms with Gasteiger partial charge in [0.1, 0.15) is 0 Å². The Balaban J connectivity index is 1.75. The summed E-state index contributed by atoms with van der Waals surface area (Å²) in [7, 11) is 0. The van der Waals surface area contributed by atoms with E-state index in [1.54, 1.807) is 4.90 Å². The van der Waals surface area contributed by atoms with Gasteiger partial charge in [-0.3, -0.25) is 14.5 Å². The van der Waals surface area contributed by atoms with Gasteiger partial charge in [-0.1, -0.05) is 0 Å². The minimum Gasteiger partial charge on any atom is -0.340 e. The molecule has 1 aromatic carbocycles. The minimum absolute atomic E-state index is 0.0506. The summed E-state index contributed by atoms with van der Waals surface area (Å²) in [6.45, 7) is 4.82. The molecule has 2 amide bonds. The highest BCUT2D eigenvalue weighted by Crippen LogP contribution is 2.29. The highest BCUT2D eigenvalue weighted by molar-refractivity contribution is 5.90. The van der Waals surface area contributed by atoms with Crippen LogP contribution in [-0.4, -0.2) is 54.3 Å². The number of carbonyl (C=O) groups excluding carboxylic acids is 2. The highest BCUT2D eigenvalue weighted by atomic mass is 19.4. The van der Waals surface area contributed by atoms with Gasteiger partial charge in [-0.05, 0) is 24.3 Å². The molecule has 0 aromatic heterocycles. The molecule has 0 atom stereocenters. The molecule has 1 aliphatic heterocycles. The molecule has 0 unspecified atom stereocenters. The Morgan fingerprint density at radius 2 is 1.67 bits per heavy atom. The van der Waals surface area contributed by atoms with Crippen molar-refractivity contribution in [2.75, 3.05) is 38.0 Å². The van der Waals surface area contributed by atoms with Crippen LogP contribution in [0.1, 0.15) is 18.9 Å². The fourth-order valence-corrected chi connectivity index (χ4v) is 2.51. The summed E-state index contributed by atoms with van der Waals surface area (Å²) < 4.78 is 37.4. The Bertz CT molecular complexity index is 579. The normalized spacial score (nSPS) is 16.1. The van der Waals surface area contributed by atoms with Gasteiger partial charge in [0.25, 0.3) is 0 Å². The van der Waals surface area contributed by atoms with Crippen molar-refractivity contribution in [3.63, 3.8) is 0 Å². The second-order valence-electron chi connectivity index (χ2n) is 5.72. The number of amides is 2. The number of alkyl halides is 3. The maximum Gasteiger partial charge on any atom is 0.416 e. The molecule has 1 aliphatic rings. The fraction of sp³-hybridized carbons (Fsp3) is 0.500. The van der Waals surface area contributed by atoms with Crippen LogP contribution in [0.5, 0.6) is 0 Å². The lowest BCUT2D eigenvalue weighted by Gasteiger charge is -2.34. The van der Waals surface area contributed by atoms with Crippen LogP contribution in [0.25, 0.3) is 0 Å². The molecule has 0 radical (unpaired) electrons. The molecule has 5 nitrogen and oxygen atoms in total. The number of carbonyl (C=O) groups is 2. The average Bonchev–Trinajstić information content (AvgIpc) is 2.53. The summed E-state index contributed by atoms with van der Waals surface area (Å²) in [4.78, 5) is 27.0. The minimum atomic E-state index is -4.38. The molecule has 0 spiro atoms. The van der Waals surface area contributed by atoms with E-state index in [9.17, 15) is 22.8 Å². The van der Waals surface area contributed by atoms with Crippen LogP contribution in [0.2, 0.25) is 0 Å². The molecule has 0 bridgehead atoms. The van der Waals surface area contributed by atoms with Crippen molar-refractivity contribution in [3.8, 4) is 0 Å². The van der Waals surface area contributed by atoms with Crippen molar-refractivity contribution in [3.05, 3.63) is 29.8 Å². The molecular formula is C16H20F3N3O2. The number of rotatable bonds is 4. The van der Waals surface area contributed by atoms with E-state index < -0.39 is 11.7 Å². The number of halogens is 3. The van der Waals surface area contributed by atoms with Gasteiger partial charge in [0.05, 0.1) is 5.56 Å². The Kier molecular flexibility index (Phi) is 5.82. The van der Waals surface area contributed by atoms with Crippen LogP contribution < -0.4 is 5.32 Å². The molecule has 8 heteroatoms. The molecule has 1 saturated heterocycles. The first-order chi connectivity index (χ1) is 11.3. The summed E-state index contributed by atoms with van der Waals surface area (Å²) in [6.07, 6.45) is -4.13. The maximum absolute atomic E-state index is 12.5. The number of piperazine rings is 1. The molecule has 2 rings (SSSR count). The molecular weight excluding hydrogens is 323 g/mol. The summed E-state index contributed by atoms with van der Waals surface area (Å²) in [5.74, 6) is -0.196. The fourth-order valence-electron chi connectivity index (χ4n) is 2.51. The van der Waals surface area contributed by atoms with Crippen LogP contribution in [0.4, 0.5) is 18.9 Å². The van der Waals surface area contributed by atoms with Gasteiger partial charge in [-0.15, -0.1) is 0 Å². The quantitative estimate of drug-likeness (QED) is 0.912. The van der Waals surface area contributed by atoms with Gasteiger partial charge in [-0.2, -0.15) is 13.2 Å². The largest absolute Gasteiger partial charge is 0.416 e. The lowest BCUT2D eigenvalue weighted by atomic mass is 10.2. The second kappa shape index (κ2) is 7.65. The molecule has 1 N–H and O–H groups in total. The van der Waals surface area contributed by atoms with E-state index in [0.717, 1.165) is 12.1 Å². The van der Waals surface area contributed by atoms with Crippen LogP contribution >= 0.6 is 0 Å². The standard InChI is InChI=1S/C16H20F3N3O2/c1-12(23)22-10-8-21(9-11-22)7-6-15(24)20-14-4-2-13(3-5-14)16(17,18)19/h2-5H,6-11H2,1H3,(H,20,24). The average molecular weight is 343 g/mol. The third-order valence-electron chi connectivity index (χ3n) is 3.97. The van der Waals surface area contributed by atoms with E-state index in [2.05, 4.69) is 10.2 Å². The first-order valence-electron chi connectivity index (χ1n) is 7.70. The first-order valence-corrected chi connectivity index (χ1v) is 7.70. The third-order valence-corrected chi connectivity index (χ3v) is 3.97. The van der Waals surface area contributed by atoms with E-state index in [1.165, 1.54) is 19.1 Å². The number of anilines is 1. The van der Waals surface area contributed by atoms with Crippen molar-refractivity contribution in [1.82, 2.24) is 9.80 Å². The number of nitrogens with zero attached hydrogens (tertiary/aromatic N) is 2. The van der Waals surface area contributed by atoms with Gasteiger partial charge >= 0.3 is 6.18 Å². The molecule has 0 saturated carbocycles. The molecule has 1 heterocycles. The summed E-state index contributed by atoms with van der Waals surface area (Å²) in [5.41, 5.74) is -0.404. The zero-order valence-corrected chi connectivity index (χ0v) is 13.4. The lowest BCUT2D eigenvalue weighted by Crippen LogP contribution is -2.48. The smallest absolute Gasteiger partial charge is 0.340 e. The Labute approximate surface area is 138 Å². The van der Waals surface area contributed by atoms with Gasteiger partial charge in [0.2, 0.25) is 11.8 Å². The van der Waals surface area contributed by atoms with E-state index in [1.807, 2.05) is 0 Å². The third kappa shape index (κ3) is 5.23. The monoisotopic (exact) mass is 343 g/mol. The Morgan fingerprint density at radius 1 is 1.08 bits per heavy atom. The summed E-state index contributed by atoms with van der Waals surface area (Å²) >= 11 is 0. The molecule has 0 aliphatic carbocycles. The number of hydrogen-bond donors (Lipinski definition) is 1. The zero-order valence-electron chi connectivity index (χ0n) is 13.4. The maximum atomic E-state index is 12.5. The molecule has 132 valence electrons. The molecule has 1 fully saturated rings. The van der Waals surface area contributed by atoms with Crippen molar-refractivity contribution in [2.24, 2.45) is 0 Å². The van der Waals surface area contributed by atoms with Crippen molar-refractivity contribution < 1.29 is 22.8 Å². The van der Waals surface area contributed by atoms with E-state index in [4.69, 9.17) is 0 Å². The molecule has 1 aromatic rings. The highest BCUT2D eigenvalue weighted by Gasteiger charge is 2.30. The van der Waals surface area contributed by atoms with Crippen molar-refractivity contribution in [1.29, 1.82) is 0 Å².